The van der Waals surface area contributed by atoms with Crippen LogP contribution < -0.4 is 0 Å². The van der Waals surface area contributed by atoms with E-state index >= 15 is 0 Å². The van der Waals surface area contributed by atoms with E-state index in [2.05, 4.69) is 62.3 Å². The van der Waals surface area contributed by atoms with E-state index < -0.39 is 17.2 Å². The molecule has 0 saturated carbocycles. The van der Waals surface area contributed by atoms with Crippen molar-refractivity contribution in [2.24, 2.45) is 17.8 Å². The molecule has 0 aromatic carbocycles. The van der Waals surface area contributed by atoms with Crippen LogP contribution >= 0.6 is 17.2 Å². The summed E-state index contributed by atoms with van der Waals surface area (Å²) in [6, 6.07) is 0. The van der Waals surface area contributed by atoms with Crippen molar-refractivity contribution in [3.05, 3.63) is 0 Å². The van der Waals surface area contributed by atoms with Crippen molar-refractivity contribution >= 4 is 17.2 Å². The largest absolute Gasteiger partial charge is 0.332 e. The van der Waals surface area contributed by atoms with Crippen LogP contribution in [0.25, 0.3) is 0 Å². The lowest BCUT2D eigenvalue weighted by atomic mass is 10.0. The predicted molar refractivity (Wildman–Crippen MR) is 388 cm³/mol. The van der Waals surface area contributed by atoms with Gasteiger partial charge in [-0.3, -0.25) is 0 Å². The lowest BCUT2D eigenvalue weighted by Crippen LogP contribution is -2.01. The lowest BCUT2D eigenvalue weighted by molar-refractivity contribution is 0.153. The Morgan fingerprint density at radius 1 is 0.163 bits per heavy atom. The SMILES string of the molecule is CC(C)CCCCCOP(OCCCCCC(C)C)OCCCCCC(C)C.CCCCCCCCCCCCCCCCCCOP(OCCCCCCCCCCCCCCCCCC)OCCCCCCCCCCCCCCCCCC. The average molecular weight is 1260 g/mol. The van der Waals surface area contributed by atoms with Gasteiger partial charge in [-0.15, -0.1) is 0 Å². The van der Waals surface area contributed by atoms with Gasteiger partial charge in [-0.05, 0) is 56.3 Å². The van der Waals surface area contributed by atoms with Gasteiger partial charge in [0.15, 0.2) is 0 Å². The predicted octanol–water partition coefficient (Wildman–Crippen LogP) is 30.0. The Bertz CT molecular complexity index is 1020. The van der Waals surface area contributed by atoms with Gasteiger partial charge in [0.25, 0.3) is 0 Å². The maximum Gasteiger partial charge on any atom is 0.332 e. The molecule has 0 unspecified atom stereocenters. The fourth-order valence-electron chi connectivity index (χ4n) is 11.5. The number of rotatable bonds is 75. The Balaban J connectivity index is 0. The fraction of sp³-hybridized carbons (Fsp3) is 1.00. The van der Waals surface area contributed by atoms with Crippen molar-refractivity contribution in [1.29, 1.82) is 0 Å². The van der Waals surface area contributed by atoms with Gasteiger partial charge in [0.2, 0.25) is 0 Å². The summed E-state index contributed by atoms with van der Waals surface area (Å²) in [4.78, 5) is 0. The zero-order valence-electron chi connectivity index (χ0n) is 60.7. The summed E-state index contributed by atoms with van der Waals surface area (Å²) in [6.45, 7) is 25.4. The minimum Gasteiger partial charge on any atom is -0.312 e. The fourth-order valence-corrected chi connectivity index (χ4v) is 13.6. The van der Waals surface area contributed by atoms with E-state index in [1.54, 1.807) is 0 Å². The summed E-state index contributed by atoms with van der Waals surface area (Å²) in [5, 5.41) is 0. The number of hydrogen-bond acceptors (Lipinski definition) is 6. The van der Waals surface area contributed by atoms with E-state index in [-0.39, 0.29) is 0 Å². The zero-order chi connectivity index (χ0) is 62.8. The maximum atomic E-state index is 6.24. The Hall–Kier alpha value is 0.620. The molecule has 0 saturated heterocycles. The van der Waals surface area contributed by atoms with Crippen LogP contribution in [0.1, 0.15) is 448 Å². The highest BCUT2D eigenvalue weighted by Crippen LogP contribution is 2.41. The molecule has 8 heteroatoms. The van der Waals surface area contributed by atoms with Crippen LogP contribution in [-0.4, -0.2) is 39.6 Å². The minimum absolute atomic E-state index is 0.768. The number of unbranched alkanes of at least 4 members (excludes halogenated alkanes) is 51. The summed E-state index contributed by atoms with van der Waals surface area (Å²) < 4.78 is 36.6. The Labute approximate surface area is 546 Å². The Morgan fingerprint density at radius 2 is 0.279 bits per heavy atom. The van der Waals surface area contributed by atoms with Crippen molar-refractivity contribution in [2.45, 2.75) is 448 Å². The monoisotopic (exact) mass is 1260 g/mol. The topological polar surface area (TPSA) is 55.4 Å². The van der Waals surface area contributed by atoms with Gasteiger partial charge in [0, 0.05) is 0 Å². The zero-order valence-corrected chi connectivity index (χ0v) is 62.5. The third kappa shape index (κ3) is 82.6. The molecule has 0 amide bonds. The van der Waals surface area contributed by atoms with Crippen molar-refractivity contribution in [2.75, 3.05) is 39.6 Å². The second-order valence-corrected chi connectivity index (χ2v) is 30.5. The number of hydrogen-bond donors (Lipinski definition) is 0. The molecule has 0 heterocycles. The van der Waals surface area contributed by atoms with Gasteiger partial charge in [-0.2, -0.15) is 0 Å². The van der Waals surface area contributed by atoms with Crippen LogP contribution in [0.5, 0.6) is 0 Å². The molecule has 0 aliphatic heterocycles. The first-order valence-corrected chi connectivity index (χ1v) is 41.8. The van der Waals surface area contributed by atoms with Gasteiger partial charge in [-0.25, -0.2) is 0 Å². The van der Waals surface area contributed by atoms with Crippen LogP contribution in [0.4, 0.5) is 0 Å². The second kappa shape index (κ2) is 79.9. The van der Waals surface area contributed by atoms with Crippen molar-refractivity contribution in [3.8, 4) is 0 Å². The summed E-state index contributed by atoms with van der Waals surface area (Å²) in [5.74, 6) is 2.41. The van der Waals surface area contributed by atoms with E-state index in [9.17, 15) is 0 Å². The molecule has 0 aromatic heterocycles. The van der Waals surface area contributed by atoms with E-state index in [1.165, 1.54) is 347 Å². The van der Waals surface area contributed by atoms with Gasteiger partial charge in [-0.1, -0.05) is 409 Å². The standard InChI is InChI=1S/C54H111O3P.C24H51O3P/c1-4-7-10-13-16-19-22-25-28-31-34-37-40-43-46-49-52-55-58(56-53-50-47-44-41-38-35-32-29-26-23-20-17-14-11-8-5-2)57-54-51-48-45-42-39-36-33-30-27-24-21-18-15-12-9-6-3;1-22(2)16-10-7-13-19-25-28(26-20-14-8-11-17-23(3)4)27-21-15-9-12-18-24(5)6/h4-54H2,1-3H3;22-24H,7-21H2,1-6H3. The van der Waals surface area contributed by atoms with E-state index in [0.29, 0.717) is 0 Å². The highest BCUT2D eigenvalue weighted by Gasteiger charge is 2.14. The summed E-state index contributed by atoms with van der Waals surface area (Å²) in [5.41, 5.74) is 0. The first-order valence-electron chi connectivity index (χ1n) is 39.6. The Morgan fingerprint density at radius 3 is 0.407 bits per heavy atom. The van der Waals surface area contributed by atoms with Gasteiger partial charge in [0.05, 0.1) is 39.6 Å². The molecular weight excluding hydrogens is 1090 g/mol. The molecule has 0 bridgehead atoms. The first kappa shape index (κ1) is 88.7. The molecule has 0 atom stereocenters. The molecule has 0 N–H and O–H groups in total. The molecule has 0 radical (unpaired) electrons. The molecule has 0 aliphatic rings. The summed E-state index contributed by atoms with van der Waals surface area (Å²) >= 11 is 0. The second-order valence-electron chi connectivity index (χ2n) is 28.1. The highest BCUT2D eigenvalue weighted by molar-refractivity contribution is 7.41. The molecule has 0 spiro atoms. The van der Waals surface area contributed by atoms with Crippen molar-refractivity contribution in [3.63, 3.8) is 0 Å². The molecule has 6 nitrogen and oxygen atoms in total. The van der Waals surface area contributed by atoms with E-state index in [0.717, 1.165) is 95.9 Å². The van der Waals surface area contributed by atoms with Gasteiger partial charge < -0.3 is 27.1 Å². The van der Waals surface area contributed by atoms with Gasteiger partial charge >= 0.3 is 17.2 Å². The average Bonchev–Trinajstić information content (AvgIpc) is 3.49. The molecule has 520 valence electrons. The maximum absolute atomic E-state index is 6.24. The quantitative estimate of drug-likeness (QED) is 0.0447. The van der Waals surface area contributed by atoms with E-state index in [1.807, 2.05) is 0 Å². The highest BCUT2D eigenvalue weighted by atomic mass is 31.2. The van der Waals surface area contributed by atoms with Crippen molar-refractivity contribution in [1.82, 2.24) is 0 Å². The van der Waals surface area contributed by atoms with E-state index in [4.69, 9.17) is 27.1 Å². The normalized spacial score (nSPS) is 11.9. The summed E-state index contributed by atoms with van der Waals surface area (Å²) in [6.07, 6.45) is 82.1. The van der Waals surface area contributed by atoms with Crippen LogP contribution in [0, 0.1) is 17.8 Å². The van der Waals surface area contributed by atoms with Crippen LogP contribution in [0.3, 0.4) is 0 Å². The molecule has 0 aromatic rings. The third-order valence-electron chi connectivity index (χ3n) is 17.5. The van der Waals surface area contributed by atoms with Crippen LogP contribution in [0.15, 0.2) is 0 Å². The van der Waals surface area contributed by atoms with Crippen molar-refractivity contribution < 1.29 is 27.1 Å². The summed E-state index contributed by atoms with van der Waals surface area (Å²) in [7, 11) is -2.35. The minimum atomic E-state index is -1.19. The smallest absolute Gasteiger partial charge is 0.312 e. The lowest BCUT2D eigenvalue weighted by Gasteiger charge is -2.17. The molecule has 0 fully saturated rings. The molecule has 86 heavy (non-hydrogen) atoms. The molecule has 0 rings (SSSR count). The molecular formula is C78H162O6P2. The first-order chi connectivity index (χ1) is 42.3. The van der Waals surface area contributed by atoms with Gasteiger partial charge in [0.1, 0.15) is 0 Å². The van der Waals surface area contributed by atoms with Crippen LogP contribution in [-0.2, 0) is 27.1 Å². The third-order valence-corrected chi connectivity index (χ3v) is 19.8. The molecule has 0 aliphatic carbocycles. The van der Waals surface area contributed by atoms with Crippen LogP contribution in [0.2, 0.25) is 0 Å². The Kier molecular flexibility index (Phi) is 82.3.